The Morgan fingerprint density at radius 3 is 2.43 bits per heavy atom. The molecule has 0 aliphatic carbocycles. The first-order valence-corrected chi connectivity index (χ1v) is 2.18. The zero-order valence-corrected chi connectivity index (χ0v) is 4.35. The molecule has 0 unspecified atom stereocenters. The van der Waals surface area contributed by atoms with E-state index in [9.17, 15) is 4.79 Å². The van der Waals surface area contributed by atoms with Gasteiger partial charge in [-0.15, -0.1) is 0 Å². The highest BCUT2D eigenvalue weighted by Gasteiger charge is 1.89. The molecule has 1 radical (unpaired) electrons. The van der Waals surface area contributed by atoms with Crippen LogP contribution in [0.1, 0.15) is 6.92 Å². The van der Waals surface area contributed by atoms with Crippen molar-refractivity contribution in [3.05, 3.63) is 0 Å². The molecule has 0 aromatic heterocycles. The maximum atomic E-state index is 9.69. The van der Waals surface area contributed by atoms with Crippen LogP contribution in [-0.4, -0.2) is 24.5 Å². The Kier molecular flexibility index (Phi) is 3.32. The summed E-state index contributed by atoms with van der Waals surface area (Å²) >= 11 is 0. The third kappa shape index (κ3) is 2.17. The standard InChI is InChI=1S/C4H9N2O/c1-2-6(3-5)4-7/h2-3,5H2,1H3. The average molecular weight is 101 g/mol. The summed E-state index contributed by atoms with van der Waals surface area (Å²) in [6.45, 7) is 2.75. The van der Waals surface area contributed by atoms with Gasteiger partial charge in [0.25, 0.3) is 0 Å². The van der Waals surface area contributed by atoms with Crippen molar-refractivity contribution in [2.75, 3.05) is 13.2 Å². The van der Waals surface area contributed by atoms with Crippen molar-refractivity contribution in [3.8, 4) is 0 Å². The quantitative estimate of drug-likeness (QED) is 0.377. The minimum absolute atomic E-state index is 0.264. The lowest BCUT2D eigenvalue weighted by Crippen LogP contribution is -2.27. The van der Waals surface area contributed by atoms with Crippen molar-refractivity contribution >= 4 is 6.41 Å². The zero-order chi connectivity index (χ0) is 5.70. The van der Waals surface area contributed by atoms with E-state index in [-0.39, 0.29) is 6.67 Å². The summed E-state index contributed by atoms with van der Waals surface area (Å²) in [5, 5.41) is 0. The van der Waals surface area contributed by atoms with E-state index in [1.807, 2.05) is 6.92 Å². The average Bonchev–Trinajstić information content (AvgIpc) is 1.72. The van der Waals surface area contributed by atoms with Gasteiger partial charge in [0.2, 0.25) is 0 Å². The van der Waals surface area contributed by atoms with Crippen molar-refractivity contribution in [2.45, 2.75) is 6.92 Å². The normalized spacial score (nSPS) is 8.29. The Morgan fingerprint density at radius 2 is 2.43 bits per heavy atom. The second-order valence-corrected chi connectivity index (χ2v) is 1.13. The Hall–Kier alpha value is -0.570. The molecule has 3 nitrogen and oxygen atoms in total. The highest BCUT2D eigenvalue weighted by atomic mass is 16.1. The lowest BCUT2D eigenvalue weighted by Gasteiger charge is -2.07. The van der Waals surface area contributed by atoms with Crippen LogP contribution in [0.4, 0.5) is 0 Å². The van der Waals surface area contributed by atoms with E-state index in [1.54, 1.807) is 6.41 Å². The Balaban J connectivity index is 3.16. The molecule has 0 bridgehead atoms. The lowest BCUT2D eigenvalue weighted by atomic mass is 10.7. The van der Waals surface area contributed by atoms with Gasteiger partial charge in [0.15, 0.2) is 0 Å². The highest BCUT2D eigenvalue weighted by Crippen LogP contribution is 1.71. The van der Waals surface area contributed by atoms with Gasteiger partial charge in [-0.05, 0) is 6.92 Å². The van der Waals surface area contributed by atoms with Gasteiger partial charge in [-0.3, -0.25) is 4.79 Å². The zero-order valence-electron chi connectivity index (χ0n) is 4.35. The van der Waals surface area contributed by atoms with E-state index in [2.05, 4.69) is 0 Å². The first-order chi connectivity index (χ1) is 3.35. The molecule has 0 heterocycles. The summed E-state index contributed by atoms with van der Waals surface area (Å²) in [6, 6.07) is 0. The predicted molar refractivity (Wildman–Crippen MR) is 27.1 cm³/mol. The first-order valence-electron chi connectivity index (χ1n) is 2.18. The maximum absolute atomic E-state index is 9.69. The molecule has 7 heavy (non-hydrogen) atoms. The summed E-state index contributed by atoms with van der Waals surface area (Å²) in [6.07, 6.45) is 1.66. The SMILES string of the molecule is CCN([C]=O)CN. The van der Waals surface area contributed by atoms with Crippen LogP contribution in [0.5, 0.6) is 0 Å². The van der Waals surface area contributed by atoms with Crippen molar-refractivity contribution < 1.29 is 4.79 Å². The molecular formula is C4H9N2O. The van der Waals surface area contributed by atoms with Gasteiger partial charge >= 0.3 is 6.41 Å². The first kappa shape index (κ1) is 6.43. The Labute approximate surface area is 43.1 Å². The van der Waals surface area contributed by atoms with Crippen LogP contribution in [0.3, 0.4) is 0 Å². The number of hydrogen-bond acceptors (Lipinski definition) is 2. The van der Waals surface area contributed by atoms with Gasteiger partial charge in [-0.25, -0.2) is 0 Å². The molecule has 2 N–H and O–H groups in total. The third-order valence-corrected chi connectivity index (χ3v) is 0.731. The minimum Gasteiger partial charge on any atom is -0.322 e. The van der Waals surface area contributed by atoms with Crippen molar-refractivity contribution in [3.63, 3.8) is 0 Å². The fourth-order valence-electron chi connectivity index (χ4n) is 0.231. The fraction of sp³-hybridized carbons (Fsp3) is 0.750. The van der Waals surface area contributed by atoms with Crippen molar-refractivity contribution in [2.24, 2.45) is 5.73 Å². The van der Waals surface area contributed by atoms with E-state index >= 15 is 0 Å². The van der Waals surface area contributed by atoms with Crippen LogP contribution >= 0.6 is 0 Å². The lowest BCUT2D eigenvalue weighted by molar-refractivity contribution is 0.403. The number of rotatable bonds is 3. The molecule has 0 saturated carbocycles. The van der Waals surface area contributed by atoms with E-state index in [1.165, 1.54) is 4.90 Å². The number of amides is 1. The molecule has 0 atom stereocenters. The van der Waals surface area contributed by atoms with Crippen LogP contribution in [0, 0.1) is 0 Å². The predicted octanol–water partition coefficient (Wildman–Crippen LogP) is -0.708. The van der Waals surface area contributed by atoms with Gasteiger partial charge in [0.1, 0.15) is 0 Å². The summed E-state index contributed by atoms with van der Waals surface area (Å²) in [4.78, 5) is 11.0. The molecule has 0 rings (SSSR count). The van der Waals surface area contributed by atoms with E-state index in [0.717, 1.165) is 0 Å². The van der Waals surface area contributed by atoms with Gasteiger partial charge in [0.05, 0.1) is 6.67 Å². The van der Waals surface area contributed by atoms with Crippen LogP contribution < -0.4 is 5.73 Å². The summed E-state index contributed by atoms with van der Waals surface area (Å²) in [5.74, 6) is 0. The molecule has 0 aromatic rings. The Bertz CT molecular complexity index is 51.7. The van der Waals surface area contributed by atoms with Crippen LogP contribution in [0.25, 0.3) is 0 Å². The molecule has 41 valence electrons. The smallest absolute Gasteiger partial charge is 0.313 e. The summed E-state index contributed by atoms with van der Waals surface area (Å²) < 4.78 is 0. The largest absolute Gasteiger partial charge is 0.322 e. The molecular weight excluding hydrogens is 92.1 g/mol. The van der Waals surface area contributed by atoms with Crippen LogP contribution in [0.2, 0.25) is 0 Å². The highest BCUT2D eigenvalue weighted by molar-refractivity contribution is 5.47. The van der Waals surface area contributed by atoms with Crippen molar-refractivity contribution in [1.29, 1.82) is 0 Å². The second-order valence-electron chi connectivity index (χ2n) is 1.13. The monoisotopic (exact) mass is 101 g/mol. The summed E-state index contributed by atoms with van der Waals surface area (Å²) in [7, 11) is 0. The second kappa shape index (κ2) is 3.61. The maximum Gasteiger partial charge on any atom is 0.313 e. The molecule has 0 aliphatic rings. The van der Waals surface area contributed by atoms with E-state index in [4.69, 9.17) is 5.73 Å². The molecule has 0 spiro atoms. The van der Waals surface area contributed by atoms with Gasteiger partial charge in [0, 0.05) is 6.54 Å². The molecule has 0 fully saturated rings. The number of nitrogens with zero attached hydrogens (tertiary/aromatic N) is 1. The number of carbonyl (C=O) groups excluding carboxylic acids is 1. The summed E-state index contributed by atoms with van der Waals surface area (Å²) in [5.41, 5.74) is 5.06. The van der Waals surface area contributed by atoms with Gasteiger partial charge in [-0.1, -0.05) is 0 Å². The van der Waals surface area contributed by atoms with E-state index in [0.29, 0.717) is 6.54 Å². The molecule has 3 heteroatoms. The minimum atomic E-state index is 0.264. The fourth-order valence-corrected chi connectivity index (χ4v) is 0.231. The number of nitrogens with two attached hydrogens (primary N) is 1. The van der Waals surface area contributed by atoms with Crippen molar-refractivity contribution in [1.82, 2.24) is 4.90 Å². The number of hydrogen-bond donors (Lipinski definition) is 1. The molecule has 0 aliphatic heterocycles. The van der Waals surface area contributed by atoms with Gasteiger partial charge < -0.3 is 10.6 Å². The molecule has 0 saturated heterocycles. The Morgan fingerprint density at radius 1 is 1.86 bits per heavy atom. The van der Waals surface area contributed by atoms with Crippen LogP contribution in [-0.2, 0) is 4.79 Å². The van der Waals surface area contributed by atoms with Gasteiger partial charge in [-0.2, -0.15) is 0 Å². The van der Waals surface area contributed by atoms with E-state index < -0.39 is 0 Å². The topological polar surface area (TPSA) is 46.3 Å². The molecule has 0 aromatic carbocycles. The molecule has 1 amide bonds. The van der Waals surface area contributed by atoms with Crippen LogP contribution in [0.15, 0.2) is 0 Å². The third-order valence-electron chi connectivity index (χ3n) is 0.731.